The van der Waals surface area contributed by atoms with Crippen molar-refractivity contribution in [3.8, 4) is 0 Å². The maximum Gasteiger partial charge on any atom is 0.248 e. The highest BCUT2D eigenvalue weighted by Crippen LogP contribution is 2.22. The molecule has 0 fully saturated rings. The van der Waals surface area contributed by atoms with Crippen LogP contribution in [0.5, 0.6) is 0 Å². The minimum absolute atomic E-state index is 0.434. The first-order valence-corrected chi connectivity index (χ1v) is 4.72. The fourth-order valence-electron chi connectivity index (χ4n) is 1.58. The second-order valence-electron chi connectivity index (χ2n) is 3.37. The molecule has 4 N–H and O–H groups in total. The van der Waals surface area contributed by atoms with Crippen LogP contribution in [0.15, 0.2) is 28.9 Å². The van der Waals surface area contributed by atoms with Gasteiger partial charge in [0.05, 0.1) is 6.26 Å². The van der Waals surface area contributed by atoms with Gasteiger partial charge in [-0.25, -0.2) is 0 Å². The number of benzene rings is 1. The molecule has 0 aliphatic rings. The monoisotopic (exact) mass is 204 g/mol. The van der Waals surface area contributed by atoms with Gasteiger partial charge < -0.3 is 15.9 Å². The lowest BCUT2D eigenvalue weighted by atomic mass is 10.1. The summed E-state index contributed by atoms with van der Waals surface area (Å²) in [6.07, 6.45) is 2.40. The first-order valence-electron chi connectivity index (χ1n) is 4.72. The minimum Gasteiger partial charge on any atom is -0.464 e. The zero-order chi connectivity index (χ0) is 10.8. The number of carbonyl (C=O) groups is 1. The maximum atomic E-state index is 11.0. The smallest absolute Gasteiger partial charge is 0.248 e. The van der Waals surface area contributed by atoms with Gasteiger partial charge >= 0.3 is 0 Å². The topological polar surface area (TPSA) is 82.2 Å². The van der Waals surface area contributed by atoms with Crippen LogP contribution in [-0.2, 0) is 6.42 Å². The van der Waals surface area contributed by atoms with Crippen molar-refractivity contribution in [2.75, 3.05) is 6.54 Å². The van der Waals surface area contributed by atoms with E-state index >= 15 is 0 Å². The van der Waals surface area contributed by atoms with Crippen LogP contribution in [0.3, 0.4) is 0 Å². The number of hydrogen-bond donors (Lipinski definition) is 2. The molecule has 0 saturated carbocycles. The molecule has 0 saturated heterocycles. The highest BCUT2D eigenvalue weighted by Gasteiger charge is 2.08. The van der Waals surface area contributed by atoms with Gasteiger partial charge in [-0.3, -0.25) is 4.79 Å². The Morgan fingerprint density at radius 3 is 2.87 bits per heavy atom. The van der Waals surface area contributed by atoms with Crippen molar-refractivity contribution in [1.29, 1.82) is 0 Å². The van der Waals surface area contributed by atoms with Gasteiger partial charge in [0.2, 0.25) is 5.91 Å². The minimum atomic E-state index is -0.434. The van der Waals surface area contributed by atoms with E-state index in [4.69, 9.17) is 15.9 Å². The van der Waals surface area contributed by atoms with E-state index in [1.165, 1.54) is 0 Å². The molecule has 2 aromatic rings. The lowest BCUT2D eigenvalue weighted by Crippen LogP contribution is -2.10. The Kier molecular flexibility index (Phi) is 2.43. The van der Waals surface area contributed by atoms with Gasteiger partial charge in [-0.1, -0.05) is 0 Å². The normalized spacial score (nSPS) is 10.7. The Labute approximate surface area is 86.8 Å². The van der Waals surface area contributed by atoms with E-state index in [1.807, 2.05) is 0 Å². The molecule has 2 rings (SSSR count). The molecule has 78 valence electrons. The molecular formula is C11H12N2O2. The van der Waals surface area contributed by atoms with E-state index in [2.05, 4.69) is 0 Å². The molecule has 0 spiro atoms. The summed E-state index contributed by atoms with van der Waals surface area (Å²) >= 11 is 0. The molecule has 15 heavy (non-hydrogen) atoms. The molecule has 0 bridgehead atoms. The van der Waals surface area contributed by atoms with Gasteiger partial charge in [0.1, 0.15) is 5.58 Å². The molecule has 0 aliphatic heterocycles. The first kappa shape index (κ1) is 9.73. The van der Waals surface area contributed by atoms with E-state index in [0.717, 1.165) is 23.0 Å². The summed E-state index contributed by atoms with van der Waals surface area (Å²) in [4.78, 5) is 11.0. The molecule has 4 heteroatoms. The highest BCUT2D eigenvalue weighted by molar-refractivity contribution is 5.97. The quantitative estimate of drug-likeness (QED) is 0.783. The number of amides is 1. The van der Waals surface area contributed by atoms with Crippen LogP contribution in [0.1, 0.15) is 15.9 Å². The van der Waals surface area contributed by atoms with Crippen LogP contribution in [0.25, 0.3) is 11.0 Å². The van der Waals surface area contributed by atoms with Gasteiger partial charge in [0.15, 0.2) is 0 Å². The molecule has 0 atom stereocenters. The molecule has 4 nitrogen and oxygen atoms in total. The summed E-state index contributed by atoms with van der Waals surface area (Å²) in [5.41, 5.74) is 12.9. The molecule has 0 radical (unpaired) electrons. The SMILES string of the molecule is NCCc1coc2ccc(C(N)=O)cc12. The molecule has 0 aliphatic carbocycles. The molecule has 1 aromatic heterocycles. The van der Waals surface area contributed by atoms with Crippen molar-refractivity contribution in [3.63, 3.8) is 0 Å². The van der Waals surface area contributed by atoms with Crippen LogP contribution in [0.4, 0.5) is 0 Å². The third-order valence-electron chi connectivity index (χ3n) is 2.35. The average Bonchev–Trinajstić information content (AvgIpc) is 2.61. The van der Waals surface area contributed by atoms with E-state index < -0.39 is 5.91 Å². The van der Waals surface area contributed by atoms with Crippen LogP contribution >= 0.6 is 0 Å². The number of rotatable bonds is 3. The molecular weight excluding hydrogens is 192 g/mol. The summed E-state index contributed by atoms with van der Waals surface area (Å²) in [6.45, 7) is 0.551. The van der Waals surface area contributed by atoms with Crippen LogP contribution < -0.4 is 11.5 Å². The van der Waals surface area contributed by atoms with Gasteiger partial charge in [-0.05, 0) is 36.7 Å². The Bertz CT molecular complexity index is 502. The van der Waals surface area contributed by atoms with E-state index in [9.17, 15) is 4.79 Å². The number of nitrogens with two attached hydrogens (primary N) is 2. The summed E-state index contributed by atoms with van der Waals surface area (Å²) in [6, 6.07) is 5.14. The Morgan fingerprint density at radius 1 is 1.40 bits per heavy atom. The summed E-state index contributed by atoms with van der Waals surface area (Å²) in [5.74, 6) is -0.434. The van der Waals surface area contributed by atoms with Crippen molar-refractivity contribution in [3.05, 3.63) is 35.6 Å². The van der Waals surface area contributed by atoms with Gasteiger partial charge in [-0.2, -0.15) is 0 Å². The number of furan rings is 1. The van der Waals surface area contributed by atoms with E-state index in [-0.39, 0.29) is 0 Å². The lowest BCUT2D eigenvalue weighted by molar-refractivity contribution is 0.100. The number of fused-ring (bicyclic) bond motifs is 1. The Morgan fingerprint density at radius 2 is 2.20 bits per heavy atom. The molecule has 1 aromatic carbocycles. The summed E-state index contributed by atoms with van der Waals surface area (Å²) < 4.78 is 5.33. The van der Waals surface area contributed by atoms with Crippen LogP contribution in [0.2, 0.25) is 0 Å². The second kappa shape index (κ2) is 3.74. The zero-order valence-electron chi connectivity index (χ0n) is 8.19. The fraction of sp³-hybridized carbons (Fsp3) is 0.182. The van der Waals surface area contributed by atoms with Gasteiger partial charge in [0, 0.05) is 10.9 Å². The van der Waals surface area contributed by atoms with Crippen LogP contribution in [0, 0.1) is 0 Å². The van der Waals surface area contributed by atoms with Crippen molar-refractivity contribution in [2.24, 2.45) is 11.5 Å². The van der Waals surface area contributed by atoms with E-state index in [1.54, 1.807) is 24.5 Å². The average molecular weight is 204 g/mol. The fourth-order valence-corrected chi connectivity index (χ4v) is 1.58. The summed E-state index contributed by atoms with van der Waals surface area (Å²) in [7, 11) is 0. The predicted octanol–water partition coefficient (Wildman–Crippen LogP) is 1.03. The lowest BCUT2D eigenvalue weighted by Gasteiger charge is -1.97. The number of primary amides is 1. The largest absolute Gasteiger partial charge is 0.464 e. The van der Waals surface area contributed by atoms with Crippen molar-refractivity contribution in [2.45, 2.75) is 6.42 Å². The molecule has 1 heterocycles. The zero-order valence-corrected chi connectivity index (χ0v) is 8.19. The Hall–Kier alpha value is -1.81. The Balaban J connectivity index is 2.56. The number of carbonyl (C=O) groups excluding carboxylic acids is 1. The molecule has 1 amide bonds. The third kappa shape index (κ3) is 1.71. The standard InChI is InChI=1S/C11H12N2O2/c12-4-3-8-6-15-10-2-1-7(11(13)14)5-9(8)10/h1-2,5-6H,3-4,12H2,(H2,13,14). The third-order valence-corrected chi connectivity index (χ3v) is 2.35. The van der Waals surface area contributed by atoms with Crippen LogP contribution in [-0.4, -0.2) is 12.5 Å². The second-order valence-corrected chi connectivity index (χ2v) is 3.37. The van der Waals surface area contributed by atoms with Gasteiger partial charge in [-0.15, -0.1) is 0 Å². The van der Waals surface area contributed by atoms with Gasteiger partial charge in [0.25, 0.3) is 0 Å². The number of hydrogen-bond acceptors (Lipinski definition) is 3. The van der Waals surface area contributed by atoms with E-state index in [0.29, 0.717) is 12.1 Å². The predicted molar refractivity (Wildman–Crippen MR) is 57.5 cm³/mol. The maximum absolute atomic E-state index is 11.0. The first-order chi connectivity index (χ1) is 7.22. The van der Waals surface area contributed by atoms with Crippen molar-refractivity contribution < 1.29 is 9.21 Å². The van der Waals surface area contributed by atoms with Crippen molar-refractivity contribution >= 4 is 16.9 Å². The highest BCUT2D eigenvalue weighted by atomic mass is 16.3. The van der Waals surface area contributed by atoms with Crippen molar-refractivity contribution in [1.82, 2.24) is 0 Å². The molecule has 0 unspecified atom stereocenters. The summed E-state index contributed by atoms with van der Waals surface area (Å²) in [5, 5.41) is 0.914.